The number of carbonyl (C=O) groups is 5. The van der Waals surface area contributed by atoms with E-state index in [-0.39, 0.29) is 24.8 Å². The molecule has 0 aliphatic carbocycles. The third kappa shape index (κ3) is 14.6. The summed E-state index contributed by atoms with van der Waals surface area (Å²) in [7, 11) is 8.43. The van der Waals surface area contributed by atoms with Crippen LogP contribution in [0.1, 0.15) is 45.7 Å². The molecule has 0 bridgehead atoms. The van der Waals surface area contributed by atoms with E-state index >= 15 is 0 Å². The van der Waals surface area contributed by atoms with Gasteiger partial charge in [0.25, 0.3) is 0 Å². The third-order valence-corrected chi connectivity index (χ3v) is 6.22. The lowest BCUT2D eigenvalue weighted by Gasteiger charge is -2.31. The van der Waals surface area contributed by atoms with Gasteiger partial charge in [0, 0.05) is 19.0 Å². The fraction of sp³-hybridized carbons (Fsp3) is 0.621. The molecule has 1 rings (SSSR count). The summed E-state index contributed by atoms with van der Waals surface area (Å²) < 4.78 is 26.1. The summed E-state index contributed by atoms with van der Waals surface area (Å²) in [6, 6.07) is 7.72. The molecule has 0 radical (unpaired) electrons. The lowest BCUT2D eigenvalue weighted by molar-refractivity contribution is -0.903. The van der Waals surface area contributed by atoms with Gasteiger partial charge in [-0.15, -0.1) is 0 Å². The Hall–Kier alpha value is -3.22. The topological polar surface area (TPSA) is 135 Å². The Morgan fingerprint density at radius 3 is 1.93 bits per heavy atom. The van der Waals surface area contributed by atoms with Crippen molar-refractivity contribution in [2.45, 2.75) is 60.0 Å². The number of halogens is 1. The fourth-order valence-electron chi connectivity index (χ4n) is 3.33. The van der Waals surface area contributed by atoms with E-state index < -0.39 is 54.9 Å². The van der Waals surface area contributed by atoms with Crippen LogP contribution in [0.3, 0.4) is 0 Å². The molecule has 0 saturated carbocycles. The molecule has 0 aliphatic rings. The van der Waals surface area contributed by atoms with E-state index in [0.717, 1.165) is 35.2 Å². The second-order valence-corrected chi connectivity index (χ2v) is 11.3. The Morgan fingerprint density at radius 2 is 1.40 bits per heavy atom. The lowest BCUT2D eigenvalue weighted by atomic mass is 9.93. The SMILES string of the molecule is CC(=O)OCC(C)(COC(=O)OC(C)C(=O)OC(C)C(C)=O)C(=O)OCc1ccc(C[N+](C)(C)CCN(C)C)cc1.[Cl-]. The number of rotatable bonds is 16. The molecule has 42 heavy (non-hydrogen) atoms. The molecule has 0 aromatic heterocycles. The lowest BCUT2D eigenvalue weighted by Crippen LogP contribution is -3.00. The number of Topliss-reactive ketones (excluding diaryl/α,β-unsaturated/α-hetero) is 1. The maximum absolute atomic E-state index is 13.0. The van der Waals surface area contributed by atoms with Crippen molar-refractivity contribution >= 4 is 29.8 Å². The van der Waals surface area contributed by atoms with E-state index in [1.165, 1.54) is 34.6 Å². The molecule has 3 atom stereocenters. The van der Waals surface area contributed by atoms with Gasteiger partial charge in [-0.05, 0) is 47.4 Å². The molecular weight excluding hydrogens is 572 g/mol. The molecule has 0 spiro atoms. The first-order valence-corrected chi connectivity index (χ1v) is 13.3. The summed E-state index contributed by atoms with van der Waals surface area (Å²) in [4.78, 5) is 62.0. The van der Waals surface area contributed by atoms with Crippen LogP contribution in [-0.4, -0.2) is 106 Å². The average molecular weight is 617 g/mol. The minimum atomic E-state index is -1.55. The highest BCUT2D eigenvalue weighted by molar-refractivity contribution is 5.84. The standard InChI is InChI=1S/C29H45N2O10.ClH/c1-20(32)21(2)40-26(34)22(3)41-28(36)39-19-29(5,18-38-23(4)33)27(35)37-17-25-12-10-24(11-13-25)16-31(8,9)15-14-30(6)7;/h10-13,21-22H,14-19H2,1-9H3;1H/q+1;/p-1. The number of ether oxygens (including phenoxy) is 5. The molecule has 0 heterocycles. The zero-order valence-electron chi connectivity index (χ0n) is 26.1. The quantitative estimate of drug-likeness (QED) is 0.135. The number of hydrogen-bond acceptors (Lipinski definition) is 11. The number of hydrogen-bond donors (Lipinski definition) is 0. The normalized spacial score (nSPS) is 14.0. The smallest absolute Gasteiger partial charge is 0.509 e. The Bertz CT molecular complexity index is 1060. The Labute approximate surface area is 254 Å². The highest BCUT2D eigenvalue weighted by atomic mass is 35.5. The van der Waals surface area contributed by atoms with Crippen molar-refractivity contribution in [3.63, 3.8) is 0 Å². The molecule has 3 unspecified atom stereocenters. The molecular formula is C29H45ClN2O10. The summed E-state index contributed by atoms with van der Waals surface area (Å²) in [5.74, 6) is -2.71. The van der Waals surface area contributed by atoms with Crippen molar-refractivity contribution in [2.24, 2.45) is 5.41 Å². The van der Waals surface area contributed by atoms with Gasteiger partial charge in [-0.25, -0.2) is 9.59 Å². The van der Waals surface area contributed by atoms with Crippen molar-refractivity contribution < 1.29 is 64.5 Å². The molecule has 1 aromatic carbocycles. The van der Waals surface area contributed by atoms with E-state index in [9.17, 15) is 24.0 Å². The minimum Gasteiger partial charge on any atom is -1.00 e. The molecule has 238 valence electrons. The van der Waals surface area contributed by atoms with Gasteiger partial charge < -0.3 is 45.5 Å². The van der Waals surface area contributed by atoms with Crippen LogP contribution in [0.2, 0.25) is 0 Å². The second kappa shape index (κ2) is 17.7. The Morgan fingerprint density at radius 1 is 0.857 bits per heavy atom. The largest absolute Gasteiger partial charge is 1.00 e. The summed E-state index contributed by atoms with van der Waals surface area (Å²) in [6.07, 6.45) is -3.62. The number of ketones is 1. The van der Waals surface area contributed by atoms with Crippen LogP contribution >= 0.6 is 0 Å². The maximum atomic E-state index is 13.0. The van der Waals surface area contributed by atoms with Gasteiger partial charge in [-0.1, -0.05) is 24.3 Å². The van der Waals surface area contributed by atoms with Crippen molar-refractivity contribution in [2.75, 3.05) is 54.5 Å². The van der Waals surface area contributed by atoms with Crippen molar-refractivity contribution in [3.05, 3.63) is 35.4 Å². The van der Waals surface area contributed by atoms with E-state index in [4.69, 9.17) is 23.7 Å². The van der Waals surface area contributed by atoms with Crippen LogP contribution in [0.15, 0.2) is 24.3 Å². The van der Waals surface area contributed by atoms with Crippen molar-refractivity contribution in [1.82, 2.24) is 4.90 Å². The van der Waals surface area contributed by atoms with Crippen molar-refractivity contribution in [3.8, 4) is 0 Å². The summed E-state index contributed by atoms with van der Waals surface area (Å²) in [6.45, 7) is 8.27. The second-order valence-electron chi connectivity index (χ2n) is 11.3. The van der Waals surface area contributed by atoms with Crippen LogP contribution in [0.4, 0.5) is 4.79 Å². The zero-order chi connectivity index (χ0) is 31.4. The third-order valence-electron chi connectivity index (χ3n) is 6.22. The van der Waals surface area contributed by atoms with Crippen molar-refractivity contribution in [1.29, 1.82) is 0 Å². The van der Waals surface area contributed by atoms with Gasteiger partial charge in [-0.2, -0.15) is 0 Å². The van der Waals surface area contributed by atoms with Crippen LogP contribution in [0.5, 0.6) is 0 Å². The van der Waals surface area contributed by atoms with E-state index in [2.05, 4.69) is 19.0 Å². The van der Waals surface area contributed by atoms with Gasteiger partial charge in [0.15, 0.2) is 18.0 Å². The number of carbonyl (C=O) groups excluding carboxylic acids is 5. The number of likely N-dealkylation sites (N-methyl/N-ethyl adjacent to an activating group) is 2. The first-order chi connectivity index (χ1) is 18.9. The molecule has 0 saturated heterocycles. The van der Waals surface area contributed by atoms with E-state index in [1.807, 2.05) is 38.4 Å². The molecule has 13 heteroatoms. The Kier molecular flexibility index (Phi) is 16.3. The number of quaternary nitrogens is 1. The molecule has 0 aliphatic heterocycles. The highest BCUT2D eigenvalue weighted by Crippen LogP contribution is 2.22. The molecule has 1 aromatic rings. The number of benzene rings is 1. The van der Waals surface area contributed by atoms with Gasteiger partial charge in [0.05, 0.1) is 20.6 Å². The van der Waals surface area contributed by atoms with Gasteiger partial charge in [-0.3, -0.25) is 14.4 Å². The molecule has 0 fully saturated rings. The van der Waals surface area contributed by atoms with Crippen LogP contribution in [-0.2, 0) is 56.0 Å². The summed E-state index contributed by atoms with van der Waals surface area (Å²) in [5.41, 5.74) is 0.346. The molecule has 12 nitrogen and oxygen atoms in total. The first-order valence-electron chi connectivity index (χ1n) is 13.3. The predicted molar refractivity (Wildman–Crippen MR) is 148 cm³/mol. The van der Waals surface area contributed by atoms with Gasteiger partial charge in [0.2, 0.25) is 0 Å². The summed E-state index contributed by atoms with van der Waals surface area (Å²) in [5, 5.41) is 0. The molecule has 0 amide bonds. The minimum absolute atomic E-state index is 0. The van der Waals surface area contributed by atoms with Gasteiger partial charge >= 0.3 is 24.1 Å². The number of nitrogens with zero attached hydrogens (tertiary/aromatic N) is 2. The zero-order valence-corrected chi connectivity index (χ0v) is 26.8. The van der Waals surface area contributed by atoms with Crippen LogP contribution in [0.25, 0.3) is 0 Å². The monoisotopic (exact) mass is 616 g/mol. The first kappa shape index (κ1) is 38.8. The maximum Gasteiger partial charge on any atom is 0.509 e. The summed E-state index contributed by atoms with van der Waals surface area (Å²) >= 11 is 0. The van der Waals surface area contributed by atoms with Crippen LogP contribution < -0.4 is 12.4 Å². The van der Waals surface area contributed by atoms with Gasteiger partial charge in [0.1, 0.15) is 31.8 Å². The van der Waals surface area contributed by atoms with E-state index in [0.29, 0.717) is 0 Å². The molecule has 0 N–H and O–H groups in total. The fourth-order valence-corrected chi connectivity index (χ4v) is 3.33. The predicted octanol–water partition coefficient (Wildman–Crippen LogP) is -0.496. The Balaban J connectivity index is 0.0000168. The van der Waals surface area contributed by atoms with E-state index in [1.54, 1.807) is 0 Å². The van der Waals surface area contributed by atoms with Crippen LogP contribution in [0, 0.1) is 5.41 Å². The average Bonchev–Trinajstić information content (AvgIpc) is 2.88. The highest BCUT2D eigenvalue weighted by Gasteiger charge is 2.39. The number of esters is 3.